The summed E-state index contributed by atoms with van der Waals surface area (Å²) in [4.78, 5) is 39.5. The summed E-state index contributed by atoms with van der Waals surface area (Å²) in [5, 5.41) is 15.0. The van der Waals surface area contributed by atoms with Gasteiger partial charge >= 0.3 is 5.63 Å². The maximum absolute atomic E-state index is 13.2. The molecule has 1 aromatic heterocycles. The predicted octanol–water partition coefficient (Wildman–Crippen LogP) is 5.51. The van der Waals surface area contributed by atoms with E-state index in [9.17, 15) is 19.5 Å². The summed E-state index contributed by atoms with van der Waals surface area (Å²) in [6.45, 7) is 5.32. The number of nitrogens with one attached hydrogen (secondary N) is 1. The van der Waals surface area contributed by atoms with Crippen LogP contribution in [0.4, 0.5) is 0 Å². The number of fused-ring (bicyclic) bond motifs is 2. The quantitative estimate of drug-likeness (QED) is 0.230. The highest BCUT2D eigenvalue weighted by molar-refractivity contribution is 5.82. The van der Waals surface area contributed by atoms with Crippen molar-refractivity contribution in [3.05, 3.63) is 40.2 Å². The maximum Gasteiger partial charge on any atom is 0.336 e. The molecule has 8 heteroatoms. The molecule has 4 rings (SSSR count). The molecule has 0 spiro atoms. The molecule has 0 radical (unpaired) electrons. The number of hydrogen-bond donors (Lipinski definition) is 2. The van der Waals surface area contributed by atoms with Crippen LogP contribution in [0.1, 0.15) is 103 Å². The van der Waals surface area contributed by atoms with Crippen LogP contribution in [-0.4, -0.2) is 53.2 Å². The topological polar surface area (TPSA) is 109 Å². The fourth-order valence-corrected chi connectivity index (χ4v) is 6.81. The molecule has 0 unspecified atom stereocenters. The third-order valence-corrected chi connectivity index (χ3v) is 8.97. The van der Waals surface area contributed by atoms with Crippen LogP contribution in [-0.2, 0) is 16.0 Å². The van der Waals surface area contributed by atoms with Crippen LogP contribution in [0.3, 0.4) is 0 Å². The van der Waals surface area contributed by atoms with E-state index in [2.05, 4.69) is 24.1 Å². The number of carbonyl (C=O) groups excluding carboxylic acids is 2. The molecule has 41 heavy (non-hydrogen) atoms. The Morgan fingerprint density at radius 1 is 1.10 bits per heavy atom. The summed E-state index contributed by atoms with van der Waals surface area (Å²) in [5.41, 5.74) is 0.441. The fraction of sp³-hybridized carbons (Fsp3) is 0.667. The van der Waals surface area contributed by atoms with Crippen LogP contribution >= 0.6 is 0 Å². The first-order valence-corrected chi connectivity index (χ1v) is 15.8. The molecule has 0 bridgehead atoms. The van der Waals surface area contributed by atoms with Crippen LogP contribution < -0.4 is 15.7 Å². The van der Waals surface area contributed by atoms with Gasteiger partial charge in [-0.2, -0.15) is 0 Å². The van der Waals surface area contributed by atoms with Crippen molar-refractivity contribution in [2.24, 2.45) is 5.92 Å². The number of benzene rings is 1. The summed E-state index contributed by atoms with van der Waals surface area (Å²) < 4.78 is 11.0. The van der Waals surface area contributed by atoms with Crippen molar-refractivity contribution in [1.29, 1.82) is 0 Å². The van der Waals surface area contributed by atoms with Gasteiger partial charge in [-0.15, -0.1) is 0 Å². The molecule has 2 fully saturated rings. The van der Waals surface area contributed by atoms with Crippen molar-refractivity contribution >= 4 is 22.8 Å². The van der Waals surface area contributed by atoms with Crippen LogP contribution in [0.15, 0.2) is 33.5 Å². The lowest BCUT2D eigenvalue weighted by Gasteiger charge is -2.52. The molecule has 1 aliphatic carbocycles. The molecule has 2 amide bonds. The molecule has 2 heterocycles. The van der Waals surface area contributed by atoms with E-state index in [0.717, 1.165) is 88.0 Å². The minimum absolute atomic E-state index is 0.121. The van der Waals surface area contributed by atoms with Crippen molar-refractivity contribution < 1.29 is 23.8 Å². The molecular formula is C33H48N2O6. The van der Waals surface area contributed by atoms with E-state index in [1.807, 2.05) is 6.07 Å². The predicted molar refractivity (Wildman–Crippen MR) is 160 cm³/mol. The van der Waals surface area contributed by atoms with E-state index in [4.69, 9.17) is 9.15 Å². The minimum atomic E-state index is -0.586. The Bertz CT molecular complexity index is 1230. The molecule has 1 aromatic carbocycles. The molecule has 1 saturated heterocycles. The summed E-state index contributed by atoms with van der Waals surface area (Å²) in [6, 6.07) is 7.01. The SMILES string of the molecule is CCCC[C@@H]1[C@H]2CCCC[C@]2(O)CCN1C(=O)CCCCCNC(=O)COc1ccc2c(CCC)cc(=O)oc2c1. The molecular weight excluding hydrogens is 520 g/mol. The van der Waals surface area contributed by atoms with Gasteiger partial charge in [0.15, 0.2) is 6.61 Å². The normalized spacial score (nSPS) is 22.4. The number of piperidine rings is 1. The number of likely N-dealkylation sites (tertiary alicyclic amines) is 1. The lowest BCUT2D eigenvalue weighted by atomic mass is 9.66. The molecule has 8 nitrogen and oxygen atoms in total. The van der Waals surface area contributed by atoms with E-state index < -0.39 is 5.60 Å². The summed E-state index contributed by atoms with van der Waals surface area (Å²) in [5.74, 6) is 0.688. The van der Waals surface area contributed by atoms with Gasteiger partial charge in [-0.05, 0) is 62.6 Å². The lowest BCUT2D eigenvalue weighted by Crippen LogP contribution is -2.60. The van der Waals surface area contributed by atoms with E-state index in [0.29, 0.717) is 37.3 Å². The second kappa shape index (κ2) is 14.9. The highest BCUT2D eigenvalue weighted by atomic mass is 16.5. The highest BCUT2D eigenvalue weighted by Crippen LogP contribution is 2.44. The number of unbranched alkanes of at least 4 members (excludes halogenated alkanes) is 3. The molecule has 3 atom stereocenters. The zero-order valence-electron chi connectivity index (χ0n) is 24.9. The van der Waals surface area contributed by atoms with E-state index >= 15 is 0 Å². The van der Waals surface area contributed by atoms with Crippen LogP contribution in [0.2, 0.25) is 0 Å². The average molecular weight is 569 g/mol. The molecule has 2 N–H and O–H groups in total. The van der Waals surface area contributed by atoms with Crippen molar-refractivity contribution in [3.63, 3.8) is 0 Å². The highest BCUT2D eigenvalue weighted by Gasteiger charge is 2.48. The zero-order valence-corrected chi connectivity index (χ0v) is 24.9. The van der Waals surface area contributed by atoms with Crippen LogP contribution in [0, 0.1) is 5.92 Å². The zero-order chi connectivity index (χ0) is 29.2. The number of ether oxygens (including phenoxy) is 1. The molecule has 2 aromatic rings. The largest absolute Gasteiger partial charge is 0.484 e. The number of nitrogens with zero attached hydrogens (tertiary/aromatic N) is 1. The standard InChI is InChI=1S/C33H48N2O6/c1-3-5-13-28-27-12-8-9-17-33(27,39)18-20-35(28)31(37)14-7-6-10-19-34-30(36)23-40-25-15-16-26-24(11-4-2)21-32(38)41-29(26)22-25/h15-16,21-22,27-28,39H,3-14,17-20,23H2,1-2H3,(H,34,36)/t27-,28-,33+/m1/s1. The first kappa shape index (κ1) is 31.1. The van der Waals surface area contributed by atoms with Gasteiger partial charge in [-0.3, -0.25) is 9.59 Å². The number of aryl methyl sites for hydroxylation is 1. The molecule has 226 valence electrons. The number of aliphatic hydroxyl groups is 1. The van der Waals surface area contributed by atoms with Gasteiger partial charge in [0.1, 0.15) is 11.3 Å². The Morgan fingerprint density at radius 2 is 1.95 bits per heavy atom. The fourth-order valence-electron chi connectivity index (χ4n) is 6.81. The van der Waals surface area contributed by atoms with Gasteiger partial charge in [0.2, 0.25) is 5.91 Å². The Morgan fingerprint density at radius 3 is 2.76 bits per heavy atom. The van der Waals surface area contributed by atoms with Crippen molar-refractivity contribution in [3.8, 4) is 5.75 Å². The van der Waals surface area contributed by atoms with Gasteiger partial charge < -0.3 is 24.5 Å². The van der Waals surface area contributed by atoms with Crippen molar-refractivity contribution in [1.82, 2.24) is 10.2 Å². The van der Waals surface area contributed by atoms with Crippen LogP contribution in [0.25, 0.3) is 11.0 Å². The second-order valence-electron chi connectivity index (χ2n) is 12.0. The van der Waals surface area contributed by atoms with E-state index in [1.165, 1.54) is 6.07 Å². The van der Waals surface area contributed by atoms with Crippen LogP contribution in [0.5, 0.6) is 5.75 Å². The summed E-state index contributed by atoms with van der Waals surface area (Å²) in [7, 11) is 0. The first-order valence-electron chi connectivity index (χ1n) is 15.8. The van der Waals surface area contributed by atoms with Gasteiger partial charge in [-0.25, -0.2) is 4.79 Å². The third-order valence-electron chi connectivity index (χ3n) is 8.97. The van der Waals surface area contributed by atoms with Crippen molar-refractivity contribution in [2.45, 2.75) is 115 Å². The monoisotopic (exact) mass is 568 g/mol. The number of rotatable bonds is 14. The molecule has 1 aliphatic heterocycles. The Balaban J connectivity index is 1.16. The van der Waals surface area contributed by atoms with Gasteiger partial charge in [0.05, 0.1) is 5.60 Å². The molecule has 1 saturated carbocycles. The van der Waals surface area contributed by atoms with Gasteiger partial charge in [-0.1, -0.05) is 52.4 Å². The smallest absolute Gasteiger partial charge is 0.336 e. The Kier molecular flexibility index (Phi) is 11.3. The summed E-state index contributed by atoms with van der Waals surface area (Å²) in [6.07, 6.45) is 12.7. The third kappa shape index (κ3) is 8.12. The average Bonchev–Trinajstić information content (AvgIpc) is 2.96. The second-order valence-corrected chi connectivity index (χ2v) is 12.0. The Hall–Kier alpha value is -2.87. The van der Waals surface area contributed by atoms with Gasteiger partial charge in [0, 0.05) is 49.0 Å². The number of amides is 2. The van der Waals surface area contributed by atoms with E-state index in [-0.39, 0.29) is 36.0 Å². The van der Waals surface area contributed by atoms with E-state index in [1.54, 1.807) is 12.1 Å². The Labute approximate surface area is 243 Å². The summed E-state index contributed by atoms with van der Waals surface area (Å²) >= 11 is 0. The van der Waals surface area contributed by atoms with Gasteiger partial charge in [0.25, 0.3) is 5.91 Å². The molecule has 2 aliphatic rings. The number of carbonyl (C=O) groups is 2. The number of hydrogen-bond acceptors (Lipinski definition) is 6. The maximum atomic E-state index is 13.2. The first-order chi connectivity index (χ1) is 19.8. The lowest BCUT2D eigenvalue weighted by molar-refractivity contribution is -0.155. The van der Waals surface area contributed by atoms with Crippen molar-refractivity contribution in [2.75, 3.05) is 19.7 Å². The minimum Gasteiger partial charge on any atom is -0.484 e.